The molecule has 1 aromatic carbocycles. The first kappa shape index (κ1) is 20.4. The average molecular weight is 454 g/mol. The van der Waals surface area contributed by atoms with Crippen molar-refractivity contribution in [2.24, 2.45) is 0 Å². The Bertz CT molecular complexity index is 778. The molecule has 0 aromatic heterocycles. The summed E-state index contributed by atoms with van der Waals surface area (Å²) in [6.45, 7) is 0. The molecule has 0 bridgehead atoms. The van der Waals surface area contributed by atoms with E-state index in [-0.39, 0.29) is 0 Å². The summed E-state index contributed by atoms with van der Waals surface area (Å²) in [5.41, 5.74) is 0. The van der Waals surface area contributed by atoms with Crippen LogP contribution >= 0.6 is 46.4 Å². The number of ether oxygens (including phenoxy) is 1. The van der Waals surface area contributed by atoms with Crippen molar-refractivity contribution in [1.82, 2.24) is 0 Å². The van der Waals surface area contributed by atoms with Crippen LogP contribution in [0, 0.1) is 17.5 Å². The van der Waals surface area contributed by atoms with Crippen LogP contribution in [0.3, 0.4) is 0 Å². The smallest absolute Gasteiger partial charge is 0.339 e. The predicted octanol–water partition coefficient (Wildman–Crippen LogP) is 6.94. The van der Waals surface area contributed by atoms with E-state index >= 15 is 0 Å². The van der Waals surface area contributed by atoms with Crippen LogP contribution < -0.4 is 4.74 Å². The Labute approximate surface area is 153 Å². The topological polar surface area (TPSA) is 9.23 Å². The molecular formula is C12Cl4F8O. The summed E-state index contributed by atoms with van der Waals surface area (Å²) in [7, 11) is 0. The molecule has 0 N–H and O–H groups in total. The van der Waals surface area contributed by atoms with Gasteiger partial charge in [0, 0.05) is 0 Å². The molecule has 0 spiro atoms. The van der Waals surface area contributed by atoms with Gasteiger partial charge in [-0.05, 0) is 0 Å². The monoisotopic (exact) mass is 452 g/mol. The number of halogens is 12. The van der Waals surface area contributed by atoms with Crippen molar-refractivity contribution in [3.8, 4) is 5.75 Å². The molecule has 1 nitrogen and oxygen atoms in total. The maximum Gasteiger partial charge on any atom is 0.339 e. The van der Waals surface area contributed by atoms with Gasteiger partial charge < -0.3 is 4.74 Å². The highest BCUT2D eigenvalue weighted by Crippen LogP contribution is 2.54. The first-order valence-corrected chi connectivity index (χ1v) is 7.19. The van der Waals surface area contributed by atoms with Crippen LogP contribution in [0.1, 0.15) is 0 Å². The Kier molecular flexibility index (Phi) is 5.20. The number of allylic oxidation sites excluding steroid dienone is 2. The molecule has 138 valence electrons. The molecule has 0 fully saturated rings. The molecule has 1 aromatic rings. The third-order valence-electron chi connectivity index (χ3n) is 2.91. The third kappa shape index (κ3) is 2.85. The van der Waals surface area contributed by atoms with E-state index in [0.717, 1.165) is 0 Å². The zero-order valence-corrected chi connectivity index (χ0v) is 14.0. The van der Waals surface area contributed by atoms with Gasteiger partial charge in [0.1, 0.15) is 15.1 Å². The van der Waals surface area contributed by atoms with Gasteiger partial charge in [0.25, 0.3) is 5.06 Å². The number of alkyl halides is 3. The summed E-state index contributed by atoms with van der Waals surface area (Å²) >= 11 is 20.5. The van der Waals surface area contributed by atoms with Crippen molar-refractivity contribution in [3.63, 3.8) is 0 Å². The van der Waals surface area contributed by atoms with Crippen molar-refractivity contribution in [2.45, 2.75) is 11.0 Å². The molecule has 0 saturated heterocycles. The highest BCUT2D eigenvalue weighted by atomic mass is 35.5. The normalized spacial score (nSPS) is 23.4. The van der Waals surface area contributed by atoms with Gasteiger partial charge in [0.05, 0.1) is 0 Å². The SMILES string of the molecule is FC1=C(F)C(Cl)(Oc2c(F)c(F)c(Cl)c(F)c2Cl)C(F)=C(Cl)C1(F)F. The lowest BCUT2D eigenvalue weighted by Gasteiger charge is -2.32. The molecule has 2 rings (SSSR count). The second kappa shape index (κ2) is 6.37. The maximum atomic E-state index is 14.0. The van der Waals surface area contributed by atoms with Gasteiger partial charge in [0.15, 0.2) is 23.2 Å². The first-order chi connectivity index (χ1) is 11.3. The Morgan fingerprint density at radius 3 is 1.72 bits per heavy atom. The standard InChI is InChI=1S/C12Cl4F8O/c13-1-3(17)2(14)6(5(19)4(1)18)25-11(16)8(20)7(15)12(23,24)10(22)9(11)21. The molecule has 0 radical (unpaired) electrons. The Hall–Kier alpha value is -0.900. The molecule has 0 saturated carbocycles. The summed E-state index contributed by atoms with van der Waals surface area (Å²) in [4.78, 5) is 0. The second-order valence-corrected chi connectivity index (χ2v) is 6.09. The fourth-order valence-corrected chi connectivity index (χ4v) is 2.62. The molecule has 0 amide bonds. The van der Waals surface area contributed by atoms with Gasteiger partial charge in [-0.15, -0.1) is 0 Å². The molecule has 0 aliphatic heterocycles. The summed E-state index contributed by atoms with van der Waals surface area (Å²) in [6.07, 6.45) is 0. The summed E-state index contributed by atoms with van der Waals surface area (Å²) in [5.74, 6) is -21.0. The van der Waals surface area contributed by atoms with Crippen LogP contribution in [0.15, 0.2) is 22.5 Å². The van der Waals surface area contributed by atoms with E-state index in [2.05, 4.69) is 4.74 Å². The number of hydrogen-bond acceptors (Lipinski definition) is 1. The Morgan fingerprint density at radius 1 is 0.680 bits per heavy atom. The molecule has 1 atom stereocenters. The minimum atomic E-state index is -4.93. The minimum absolute atomic E-state index is 1.44. The fourth-order valence-electron chi connectivity index (χ4n) is 1.66. The fraction of sp³-hybridized carbons (Fsp3) is 0.167. The zero-order chi connectivity index (χ0) is 19.5. The van der Waals surface area contributed by atoms with Crippen LogP contribution in [0.2, 0.25) is 10.0 Å². The van der Waals surface area contributed by atoms with Crippen LogP contribution in [0.25, 0.3) is 0 Å². The molecule has 1 aliphatic rings. The molecule has 0 heterocycles. The van der Waals surface area contributed by atoms with Crippen LogP contribution in [0.5, 0.6) is 5.75 Å². The molecular weight excluding hydrogens is 454 g/mol. The lowest BCUT2D eigenvalue weighted by molar-refractivity contribution is 0.0355. The van der Waals surface area contributed by atoms with Gasteiger partial charge in [-0.3, -0.25) is 0 Å². The number of benzene rings is 1. The van der Waals surface area contributed by atoms with E-state index in [4.69, 9.17) is 46.4 Å². The van der Waals surface area contributed by atoms with E-state index in [0.29, 0.717) is 0 Å². The lowest BCUT2D eigenvalue weighted by atomic mass is 10.1. The summed E-state index contributed by atoms with van der Waals surface area (Å²) in [5, 5.41) is -9.05. The van der Waals surface area contributed by atoms with E-state index in [1.54, 1.807) is 0 Å². The molecule has 1 aliphatic carbocycles. The predicted molar refractivity (Wildman–Crippen MR) is 73.7 cm³/mol. The number of hydrogen-bond donors (Lipinski definition) is 0. The maximum absolute atomic E-state index is 14.0. The Balaban J connectivity index is 2.71. The minimum Gasteiger partial charge on any atom is -0.453 e. The van der Waals surface area contributed by atoms with Gasteiger partial charge in [-0.25, -0.2) is 22.0 Å². The van der Waals surface area contributed by atoms with E-state index in [1.165, 1.54) is 0 Å². The average Bonchev–Trinajstić information content (AvgIpc) is 2.57. The summed E-state index contributed by atoms with van der Waals surface area (Å²) in [6, 6.07) is 0. The van der Waals surface area contributed by atoms with Gasteiger partial charge in [0.2, 0.25) is 17.5 Å². The second-order valence-electron chi connectivity index (χ2n) is 4.43. The third-order valence-corrected chi connectivity index (χ3v) is 4.40. The first-order valence-electron chi connectivity index (χ1n) is 5.68. The van der Waals surface area contributed by atoms with Gasteiger partial charge in [-0.2, -0.15) is 13.2 Å². The van der Waals surface area contributed by atoms with E-state index in [1.807, 2.05) is 0 Å². The lowest BCUT2D eigenvalue weighted by Crippen LogP contribution is -2.40. The quantitative estimate of drug-likeness (QED) is 0.204. The Morgan fingerprint density at radius 2 is 1.20 bits per heavy atom. The van der Waals surface area contributed by atoms with Crippen molar-refractivity contribution in [2.75, 3.05) is 0 Å². The van der Waals surface area contributed by atoms with Crippen LogP contribution in [-0.4, -0.2) is 11.0 Å². The largest absolute Gasteiger partial charge is 0.453 e. The van der Waals surface area contributed by atoms with Gasteiger partial charge >= 0.3 is 5.92 Å². The van der Waals surface area contributed by atoms with Crippen LogP contribution in [-0.2, 0) is 0 Å². The van der Waals surface area contributed by atoms with Crippen molar-refractivity contribution in [1.29, 1.82) is 0 Å². The summed E-state index contributed by atoms with van der Waals surface area (Å²) < 4.78 is 113. The van der Waals surface area contributed by atoms with Crippen molar-refractivity contribution >= 4 is 46.4 Å². The number of rotatable bonds is 2. The molecule has 1 unspecified atom stereocenters. The van der Waals surface area contributed by atoms with Crippen molar-refractivity contribution < 1.29 is 39.9 Å². The highest BCUT2D eigenvalue weighted by molar-refractivity contribution is 6.36. The molecule has 25 heavy (non-hydrogen) atoms. The highest BCUT2D eigenvalue weighted by Gasteiger charge is 2.59. The zero-order valence-electron chi connectivity index (χ0n) is 10.9. The van der Waals surface area contributed by atoms with Crippen LogP contribution in [0.4, 0.5) is 35.1 Å². The van der Waals surface area contributed by atoms with Gasteiger partial charge in [-0.1, -0.05) is 46.4 Å². The van der Waals surface area contributed by atoms with E-state index < -0.39 is 66.7 Å². The molecule has 13 heteroatoms. The van der Waals surface area contributed by atoms with E-state index in [9.17, 15) is 35.1 Å². The van der Waals surface area contributed by atoms with Crippen molar-refractivity contribution in [3.05, 3.63) is 50.0 Å².